The summed E-state index contributed by atoms with van der Waals surface area (Å²) in [5, 5.41) is 11.3. The van der Waals surface area contributed by atoms with Crippen LogP contribution < -0.4 is 16.0 Å². The molecule has 0 radical (unpaired) electrons. The van der Waals surface area contributed by atoms with Crippen molar-refractivity contribution in [1.29, 1.82) is 0 Å². The van der Waals surface area contributed by atoms with Gasteiger partial charge in [0.2, 0.25) is 5.91 Å². The largest absolute Gasteiger partial charge is 0.364 e. The topological polar surface area (TPSA) is 96.3 Å². The van der Waals surface area contributed by atoms with Crippen LogP contribution >= 0.6 is 0 Å². The highest BCUT2D eigenvalue weighted by Gasteiger charge is 2.14. The predicted octanol–water partition coefficient (Wildman–Crippen LogP) is -0.00160. The molecule has 0 spiro atoms. The fourth-order valence-corrected chi connectivity index (χ4v) is 1.10. The molecule has 1 rings (SSSR count). The lowest BCUT2D eigenvalue weighted by atomic mass is 10.3. The van der Waals surface area contributed by atoms with Crippen LogP contribution in [0.4, 0.5) is 4.79 Å². The van der Waals surface area contributed by atoms with Crippen molar-refractivity contribution in [2.45, 2.75) is 26.4 Å². The van der Waals surface area contributed by atoms with E-state index in [2.05, 4.69) is 25.6 Å². The fourth-order valence-electron chi connectivity index (χ4n) is 1.10. The van der Waals surface area contributed by atoms with Crippen LogP contribution in [0.1, 0.15) is 19.5 Å². The summed E-state index contributed by atoms with van der Waals surface area (Å²) in [6.45, 7) is 4.31. The Bertz CT molecular complexity index is 364. The number of hydrogen-bond donors (Lipinski definition) is 3. The number of amides is 3. The van der Waals surface area contributed by atoms with Gasteiger partial charge in [-0.3, -0.25) is 10.1 Å². The summed E-state index contributed by atoms with van der Waals surface area (Å²) in [6.07, 6.45) is 1.45. The van der Waals surface area contributed by atoms with E-state index in [1.807, 2.05) is 0 Å². The van der Waals surface area contributed by atoms with Gasteiger partial charge in [0.15, 0.2) is 0 Å². The molecule has 0 saturated heterocycles. The highest BCUT2D eigenvalue weighted by molar-refractivity contribution is 5.96. The lowest BCUT2D eigenvalue weighted by Gasteiger charge is -2.12. The highest BCUT2D eigenvalue weighted by atomic mass is 16.5. The minimum absolute atomic E-state index is 0.389. The van der Waals surface area contributed by atoms with Gasteiger partial charge in [0.25, 0.3) is 0 Å². The molecule has 3 N–H and O–H groups in total. The number of imide groups is 1. The maximum Gasteiger partial charge on any atom is 0.321 e. The Morgan fingerprint density at radius 1 is 1.53 bits per heavy atom. The first-order chi connectivity index (χ1) is 8.13. The quantitative estimate of drug-likeness (QED) is 0.673. The Morgan fingerprint density at radius 2 is 2.29 bits per heavy atom. The van der Waals surface area contributed by atoms with E-state index in [0.717, 1.165) is 0 Å². The van der Waals surface area contributed by atoms with E-state index in [9.17, 15) is 9.59 Å². The van der Waals surface area contributed by atoms with Crippen LogP contribution in [0.5, 0.6) is 0 Å². The molecule has 0 bridgehead atoms. The third-order valence-corrected chi connectivity index (χ3v) is 2.05. The molecule has 0 aliphatic rings. The molecule has 1 unspecified atom stereocenters. The normalized spacial score (nSPS) is 11.9. The number of aromatic nitrogens is 1. The average Bonchev–Trinajstić information content (AvgIpc) is 2.78. The second-order valence-corrected chi connectivity index (χ2v) is 3.44. The van der Waals surface area contributed by atoms with Crippen LogP contribution in [0.3, 0.4) is 0 Å². The van der Waals surface area contributed by atoms with Gasteiger partial charge in [0.05, 0.1) is 11.7 Å². The van der Waals surface area contributed by atoms with E-state index in [4.69, 9.17) is 0 Å². The minimum Gasteiger partial charge on any atom is -0.364 e. The van der Waals surface area contributed by atoms with Crippen molar-refractivity contribution in [2.24, 2.45) is 0 Å². The van der Waals surface area contributed by atoms with Gasteiger partial charge in [0.1, 0.15) is 6.26 Å². The number of nitrogens with zero attached hydrogens (tertiary/aromatic N) is 1. The van der Waals surface area contributed by atoms with E-state index in [1.165, 1.54) is 6.26 Å². The van der Waals surface area contributed by atoms with Crippen LogP contribution in [0, 0.1) is 0 Å². The van der Waals surface area contributed by atoms with Crippen LogP contribution in [0.25, 0.3) is 0 Å². The third-order valence-electron chi connectivity index (χ3n) is 2.05. The van der Waals surface area contributed by atoms with Gasteiger partial charge in [-0.15, -0.1) is 0 Å². The van der Waals surface area contributed by atoms with Gasteiger partial charge in [-0.25, -0.2) is 4.79 Å². The van der Waals surface area contributed by atoms with E-state index in [0.29, 0.717) is 18.8 Å². The molecule has 0 fully saturated rings. The lowest BCUT2D eigenvalue weighted by molar-refractivity contribution is -0.121. The van der Waals surface area contributed by atoms with E-state index < -0.39 is 12.1 Å². The monoisotopic (exact) mass is 240 g/mol. The van der Waals surface area contributed by atoms with Gasteiger partial charge in [-0.05, 0) is 13.8 Å². The summed E-state index contributed by atoms with van der Waals surface area (Å²) in [4.78, 5) is 22.6. The second kappa shape index (κ2) is 6.64. The lowest BCUT2D eigenvalue weighted by Crippen LogP contribution is -2.47. The van der Waals surface area contributed by atoms with Crippen molar-refractivity contribution in [3.05, 3.63) is 18.0 Å². The van der Waals surface area contributed by atoms with Crippen molar-refractivity contribution in [3.8, 4) is 0 Å². The zero-order chi connectivity index (χ0) is 12.7. The Balaban J connectivity index is 2.29. The molecule has 0 aliphatic heterocycles. The van der Waals surface area contributed by atoms with Gasteiger partial charge in [-0.2, -0.15) is 0 Å². The predicted molar refractivity (Wildman–Crippen MR) is 60.0 cm³/mol. The summed E-state index contributed by atoms with van der Waals surface area (Å²) in [5.41, 5.74) is 0.697. The Labute approximate surface area is 98.9 Å². The smallest absolute Gasteiger partial charge is 0.321 e. The van der Waals surface area contributed by atoms with Gasteiger partial charge < -0.3 is 15.2 Å². The third kappa shape index (κ3) is 4.64. The highest BCUT2D eigenvalue weighted by Crippen LogP contribution is 1.94. The molecular weight excluding hydrogens is 224 g/mol. The number of urea groups is 1. The summed E-state index contributed by atoms with van der Waals surface area (Å²) in [7, 11) is 0. The van der Waals surface area contributed by atoms with Crippen molar-refractivity contribution in [2.75, 3.05) is 6.54 Å². The fraction of sp³-hybridized carbons (Fsp3) is 0.500. The summed E-state index contributed by atoms with van der Waals surface area (Å²) < 4.78 is 4.65. The standard InChI is InChI=1S/C10H16N4O3/c1-3-11-10(16)13-9(15)7(2)12-6-8-4-5-17-14-8/h4-5,7,12H,3,6H2,1-2H3,(H2,11,13,15,16). The number of carbonyl (C=O) groups excluding carboxylic acids is 2. The zero-order valence-electron chi connectivity index (χ0n) is 9.82. The second-order valence-electron chi connectivity index (χ2n) is 3.44. The molecule has 0 saturated carbocycles. The molecular formula is C10H16N4O3. The molecule has 7 nitrogen and oxygen atoms in total. The summed E-state index contributed by atoms with van der Waals surface area (Å²) >= 11 is 0. The zero-order valence-corrected chi connectivity index (χ0v) is 9.82. The molecule has 1 aromatic heterocycles. The maximum absolute atomic E-state index is 11.5. The molecule has 17 heavy (non-hydrogen) atoms. The maximum atomic E-state index is 11.5. The van der Waals surface area contributed by atoms with E-state index in [1.54, 1.807) is 19.9 Å². The first-order valence-corrected chi connectivity index (χ1v) is 5.34. The van der Waals surface area contributed by atoms with Crippen molar-refractivity contribution in [1.82, 2.24) is 21.1 Å². The van der Waals surface area contributed by atoms with Gasteiger partial charge in [0, 0.05) is 19.2 Å². The number of rotatable bonds is 5. The van der Waals surface area contributed by atoms with Crippen molar-refractivity contribution in [3.63, 3.8) is 0 Å². The number of nitrogens with one attached hydrogen (secondary N) is 3. The van der Waals surface area contributed by atoms with E-state index >= 15 is 0 Å². The number of carbonyl (C=O) groups is 2. The molecule has 7 heteroatoms. The van der Waals surface area contributed by atoms with Crippen LogP contribution in [-0.2, 0) is 11.3 Å². The molecule has 0 aliphatic carbocycles. The van der Waals surface area contributed by atoms with Gasteiger partial charge >= 0.3 is 6.03 Å². The minimum atomic E-state index is -0.493. The first kappa shape index (κ1) is 13.2. The Kier molecular flexibility index (Phi) is 5.15. The average molecular weight is 240 g/mol. The molecule has 1 aromatic rings. The molecule has 1 atom stereocenters. The SMILES string of the molecule is CCNC(=O)NC(=O)C(C)NCc1ccon1. The summed E-state index contributed by atoms with van der Waals surface area (Å²) in [6, 6.07) is 0.711. The number of hydrogen-bond acceptors (Lipinski definition) is 5. The Hall–Kier alpha value is -1.89. The first-order valence-electron chi connectivity index (χ1n) is 5.34. The van der Waals surface area contributed by atoms with Crippen LogP contribution in [0.15, 0.2) is 16.9 Å². The molecule has 1 heterocycles. The molecule has 94 valence electrons. The Morgan fingerprint density at radius 3 is 2.88 bits per heavy atom. The summed E-state index contributed by atoms with van der Waals surface area (Å²) in [5.74, 6) is -0.389. The van der Waals surface area contributed by atoms with Crippen LogP contribution in [-0.4, -0.2) is 29.7 Å². The molecule has 3 amide bonds. The van der Waals surface area contributed by atoms with Crippen molar-refractivity contribution >= 4 is 11.9 Å². The van der Waals surface area contributed by atoms with Gasteiger partial charge in [-0.1, -0.05) is 5.16 Å². The van der Waals surface area contributed by atoms with Crippen molar-refractivity contribution < 1.29 is 14.1 Å². The van der Waals surface area contributed by atoms with Crippen LogP contribution in [0.2, 0.25) is 0 Å². The van der Waals surface area contributed by atoms with E-state index in [-0.39, 0.29) is 5.91 Å². The molecule has 0 aromatic carbocycles.